The maximum Gasteiger partial charge on any atom is 0.329 e. The molecule has 0 aliphatic rings. The van der Waals surface area contributed by atoms with E-state index in [1.807, 2.05) is 32.0 Å². The third kappa shape index (κ3) is 3.10. The van der Waals surface area contributed by atoms with Crippen LogP contribution in [0.5, 0.6) is 0 Å². The van der Waals surface area contributed by atoms with Gasteiger partial charge < -0.3 is 15.3 Å². The SMILES string of the molecule is CCN(C(=O)Nc1c(C)cccc1C)C(C)(C)C(=O)O. The third-order valence-electron chi connectivity index (χ3n) is 3.47. The quantitative estimate of drug-likeness (QED) is 0.889. The zero-order valence-corrected chi connectivity index (χ0v) is 12.7. The molecule has 0 unspecified atom stereocenters. The van der Waals surface area contributed by atoms with Gasteiger partial charge in [-0.05, 0) is 45.7 Å². The summed E-state index contributed by atoms with van der Waals surface area (Å²) >= 11 is 0. The number of aryl methyl sites for hydroxylation is 2. The molecule has 20 heavy (non-hydrogen) atoms. The molecule has 2 N–H and O–H groups in total. The molecule has 5 nitrogen and oxygen atoms in total. The van der Waals surface area contributed by atoms with Crippen molar-refractivity contribution in [3.05, 3.63) is 29.3 Å². The number of carbonyl (C=O) groups is 2. The van der Waals surface area contributed by atoms with Crippen LogP contribution in [-0.4, -0.2) is 34.1 Å². The maximum absolute atomic E-state index is 12.4. The van der Waals surface area contributed by atoms with Crippen LogP contribution in [0.25, 0.3) is 0 Å². The van der Waals surface area contributed by atoms with E-state index in [1.165, 1.54) is 18.7 Å². The Kier molecular flexibility index (Phi) is 4.76. The van der Waals surface area contributed by atoms with Crippen molar-refractivity contribution in [1.82, 2.24) is 4.90 Å². The van der Waals surface area contributed by atoms with Gasteiger partial charge in [-0.3, -0.25) is 0 Å². The summed E-state index contributed by atoms with van der Waals surface area (Å²) in [7, 11) is 0. The Morgan fingerprint density at radius 2 is 1.75 bits per heavy atom. The van der Waals surface area contributed by atoms with E-state index < -0.39 is 17.5 Å². The second-order valence-corrected chi connectivity index (χ2v) is 5.31. The number of likely N-dealkylation sites (N-methyl/N-ethyl adjacent to an activating group) is 1. The number of hydrogen-bond donors (Lipinski definition) is 2. The van der Waals surface area contributed by atoms with E-state index >= 15 is 0 Å². The first-order chi connectivity index (χ1) is 9.21. The molecule has 1 rings (SSSR count). The van der Waals surface area contributed by atoms with Gasteiger partial charge in [0, 0.05) is 12.2 Å². The Morgan fingerprint density at radius 3 is 2.15 bits per heavy atom. The predicted octanol–water partition coefficient (Wildman–Crippen LogP) is 3.02. The number of nitrogens with one attached hydrogen (secondary N) is 1. The summed E-state index contributed by atoms with van der Waals surface area (Å²) in [5.41, 5.74) is 1.37. The zero-order valence-electron chi connectivity index (χ0n) is 12.7. The van der Waals surface area contributed by atoms with E-state index in [4.69, 9.17) is 0 Å². The second-order valence-electron chi connectivity index (χ2n) is 5.31. The van der Waals surface area contributed by atoms with E-state index in [9.17, 15) is 14.7 Å². The number of carbonyl (C=O) groups excluding carboxylic acids is 1. The van der Waals surface area contributed by atoms with Gasteiger partial charge >= 0.3 is 12.0 Å². The lowest BCUT2D eigenvalue weighted by Crippen LogP contribution is -2.54. The minimum Gasteiger partial charge on any atom is -0.480 e. The lowest BCUT2D eigenvalue weighted by Gasteiger charge is -2.34. The molecule has 0 atom stereocenters. The summed E-state index contributed by atoms with van der Waals surface area (Å²) < 4.78 is 0. The standard InChI is InChI=1S/C15H22N2O3/c1-6-17(15(4,5)13(18)19)14(20)16-12-10(2)8-7-9-11(12)3/h7-9H,6H2,1-5H3,(H,16,20)(H,18,19). The van der Waals surface area contributed by atoms with Crippen LogP contribution >= 0.6 is 0 Å². The largest absolute Gasteiger partial charge is 0.480 e. The van der Waals surface area contributed by atoms with Gasteiger partial charge in [-0.2, -0.15) is 0 Å². The first kappa shape index (κ1) is 16.0. The Hall–Kier alpha value is -2.04. The van der Waals surface area contributed by atoms with Crippen molar-refractivity contribution in [1.29, 1.82) is 0 Å². The van der Waals surface area contributed by atoms with Crippen LogP contribution < -0.4 is 5.32 Å². The Bertz CT molecular complexity index is 504. The maximum atomic E-state index is 12.4. The number of carboxylic acids is 1. The second kappa shape index (κ2) is 5.94. The van der Waals surface area contributed by atoms with E-state index in [0.717, 1.165) is 16.8 Å². The summed E-state index contributed by atoms with van der Waals surface area (Å²) in [6.07, 6.45) is 0. The van der Waals surface area contributed by atoms with Gasteiger partial charge in [0.05, 0.1) is 0 Å². The monoisotopic (exact) mass is 278 g/mol. The van der Waals surface area contributed by atoms with Crippen molar-refractivity contribution in [3.63, 3.8) is 0 Å². The fourth-order valence-electron chi connectivity index (χ4n) is 2.09. The van der Waals surface area contributed by atoms with Crippen molar-refractivity contribution in [2.24, 2.45) is 0 Å². The number of carboxylic acid groups (broad SMARTS) is 1. The van der Waals surface area contributed by atoms with Crippen LogP contribution in [0, 0.1) is 13.8 Å². The average Bonchev–Trinajstić information content (AvgIpc) is 2.34. The highest BCUT2D eigenvalue weighted by Crippen LogP contribution is 2.22. The number of urea groups is 1. The van der Waals surface area contributed by atoms with Crippen molar-refractivity contribution >= 4 is 17.7 Å². The van der Waals surface area contributed by atoms with Gasteiger partial charge in [-0.15, -0.1) is 0 Å². The van der Waals surface area contributed by atoms with Crippen LogP contribution in [0.2, 0.25) is 0 Å². The molecule has 0 saturated heterocycles. The fourth-order valence-corrected chi connectivity index (χ4v) is 2.09. The van der Waals surface area contributed by atoms with Gasteiger partial charge in [-0.1, -0.05) is 18.2 Å². The average molecular weight is 278 g/mol. The highest BCUT2D eigenvalue weighted by atomic mass is 16.4. The molecule has 1 aromatic carbocycles. The molecule has 0 fully saturated rings. The molecule has 0 aliphatic heterocycles. The number of nitrogens with zero attached hydrogens (tertiary/aromatic N) is 1. The van der Waals surface area contributed by atoms with Gasteiger partial charge in [0.25, 0.3) is 0 Å². The van der Waals surface area contributed by atoms with Gasteiger partial charge in [0.15, 0.2) is 0 Å². The lowest BCUT2D eigenvalue weighted by atomic mass is 10.0. The number of aliphatic carboxylic acids is 1. The minimum atomic E-state index is -1.25. The lowest BCUT2D eigenvalue weighted by molar-refractivity contribution is -0.147. The van der Waals surface area contributed by atoms with Crippen LogP contribution in [-0.2, 0) is 4.79 Å². The van der Waals surface area contributed by atoms with Crippen molar-refractivity contribution in [3.8, 4) is 0 Å². The summed E-state index contributed by atoms with van der Waals surface area (Å²) in [5.74, 6) is -1.03. The van der Waals surface area contributed by atoms with Gasteiger partial charge in [0.2, 0.25) is 0 Å². The van der Waals surface area contributed by atoms with E-state index in [1.54, 1.807) is 6.92 Å². The zero-order chi connectivity index (χ0) is 15.5. The molecule has 110 valence electrons. The molecule has 0 saturated carbocycles. The van der Waals surface area contributed by atoms with Crippen LogP contribution in [0.3, 0.4) is 0 Å². The molecular formula is C15H22N2O3. The first-order valence-corrected chi connectivity index (χ1v) is 6.60. The minimum absolute atomic E-state index is 0.316. The smallest absolute Gasteiger partial charge is 0.329 e. The van der Waals surface area contributed by atoms with Crippen LogP contribution in [0.15, 0.2) is 18.2 Å². The Labute approximate surface area is 119 Å². The number of rotatable bonds is 4. The van der Waals surface area contributed by atoms with E-state index in [0.29, 0.717) is 6.54 Å². The highest BCUT2D eigenvalue weighted by molar-refractivity contribution is 5.94. The number of para-hydroxylation sites is 1. The van der Waals surface area contributed by atoms with E-state index in [2.05, 4.69) is 5.32 Å². The van der Waals surface area contributed by atoms with Crippen LogP contribution in [0.1, 0.15) is 31.9 Å². The molecule has 0 radical (unpaired) electrons. The topological polar surface area (TPSA) is 69.6 Å². The number of hydrogen-bond acceptors (Lipinski definition) is 2. The summed E-state index contributed by atoms with van der Waals surface area (Å²) in [6.45, 7) is 8.92. The molecule has 0 bridgehead atoms. The number of benzene rings is 1. The van der Waals surface area contributed by atoms with E-state index in [-0.39, 0.29) is 0 Å². The number of amides is 2. The van der Waals surface area contributed by atoms with Crippen LogP contribution in [0.4, 0.5) is 10.5 Å². The summed E-state index contributed by atoms with van der Waals surface area (Å²) in [6, 6.07) is 5.32. The number of anilines is 1. The van der Waals surface area contributed by atoms with Crippen molar-refractivity contribution in [2.75, 3.05) is 11.9 Å². The normalized spacial score (nSPS) is 11.1. The van der Waals surface area contributed by atoms with Crippen molar-refractivity contribution in [2.45, 2.75) is 40.2 Å². The molecule has 5 heteroatoms. The van der Waals surface area contributed by atoms with Gasteiger partial charge in [-0.25, -0.2) is 9.59 Å². The molecule has 0 heterocycles. The fraction of sp³-hybridized carbons (Fsp3) is 0.467. The molecule has 0 aliphatic carbocycles. The highest BCUT2D eigenvalue weighted by Gasteiger charge is 2.37. The predicted molar refractivity (Wildman–Crippen MR) is 79.0 cm³/mol. The molecular weight excluding hydrogens is 256 g/mol. The Balaban J connectivity index is 3.03. The summed E-state index contributed by atoms with van der Waals surface area (Å²) in [4.78, 5) is 24.9. The molecule has 0 aromatic heterocycles. The first-order valence-electron chi connectivity index (χ1n) is 6.60. The van der Waals surface area contributed by atoms with Crippen molar-refractivity contribution < 1.29 is 14.7 Å². The third-order valence-corrected chi connectivity index (χ3v) is 3.47. The van der Waals surface area contributed by atoms with Gasteiger partial charge in [0.1, 0.15) is 5.54 Å². The molecule has 0 spiro atoms. The Morgan fingerprint density at radius 1 is 1.25 bits per heavy atom. The molecule has 2 amide bonds. The summed E-state index contributed by atoms with van der Waals surface area (Å²) in [5, 5.41) is 12.1. The molecule has 1 aromatic rings.